The fraction of sp³-hybridized carbons (Fsp3) is 0.0638. The van der Waals surface area contributed by atoms with Crippen LogP contribution in [0.5, 0.6) is 0 Å². The number of pyridine rings is 4. The van der Waals surface area contributed by atoms with E-state index < -0.39 is 0 Å². The third-order valence-corrected chi connectivity index (χ3v) is 20.8. The highest BCUT2D eigenvalue weighted by Gasteiger charge is 2.51. The minimum Gasteiger partial charge on any atom is -0.399 e. The van der Waals surface area contributed by atoms with E-state index in [-0.39, 0.29) is 24.5 Å². The first-order valence-corrected chi connectivity index (χ1v) is 35.0. The molecule has 19 rings (SSSR count). The lowest BCUT2D eigenvalue weighted by Gasteiger charge is -2.32. The summed E-state index contributed by atoms with van der Waals surface area (Å²) >= 11 is 6.95. The van der Waals surface area contributed by atoms with Gasteiger partial charge < -0.3 is 15.5 Å². The second kappa shape index (κ2) is 27.5. The van der Waals surface area contributed by atoms with E-state index in [1.807, 2.05) is 30.6 Å². The summed E-state index contributed by atoms with van der Waals surface area (Å²) in [4.78, 5) is 18.8. The van der Waals surface area contributed by atoms with Crippen molar-refractivity contribution in [1.29, 1.82) is 0 Å². The van der Waals surface area contributed by atoms with E-state index >= 15 is 0 Å². The van der Waals surface area contributed by atoms with Crippen LogP contribution in [0.3, 0.4) is 0 Å². The molecule has 0 aliphatic carbocycles. The number of hydrogen-bond donors (Lipinski definition) is 1. The van der Waals surface area contributed by atoms with Gasteiger partial charge in [-0.05, 0) is 215 Å². The smallest absolute Gasteiger partial charge is 0.399 e. The van der Waals surface area contributed by atoms with Gasteiger partial charge in [0.25, 0.3) is 0 Å². The van der Waals surface area contributed by atoms with Crippen molar-refractivity contribution in [3.63, 3.8) is 0 Å². The van der Waals surface area contributed by atoms with E-state index in [0.29, 0.717) is 5.02 Å². The fourth-order valence-electron chi connectivity index (χ4n) is 14.2. The Morgan fingerprint density at radius 3 is 1.02 bits per heavy atom. The molecule has 0 radical (unpaired) electrons. The molecule has 494 valence electrons. The molecule has 1 fully saturated rings. The molecule has 1 aliphatic heterocycles. The zero-order chi connectivity index (χ0) is 68.9. The predicted molar refractivity (Wildman–Crippen MR) is 434 cm³/mol. The number of aromatic nitrogens is 4. The molecule has 0 spiro atoms. The Hall–Kier alpha value is -12.0. The van der Waals surface area contributed by atoms with E-state index in [2.05, 4.69) is 335 Å². The summed E-state index contributed by atoms with van der Waals surface area (Å²) in [5, 5.41) is 17.3. The lowest BCUT2D eigenvalue weighted by atomic mass is 9.78. The number of hydrogen-bond acceptors (Lipinski definition) is 7. The minimum atomic E-state index is -0.304. The van der Waals surface area contributed by atoms with Gasteiger partial charge in [0.05, 0.1) is 38.6 Å². The molecule has 1 aliphatic rings. The van der Waals surface area contributed by atoms with Gasteiger partial charge in [-0.3, -0.25) is 9.97 Å². The van der Waals surface area contributed by atoms with E-state index in [9.17, 15) is 0 Å². The van der Waals surface area contributed by atoms with Crippen molar-refractivity contribution in [2.45, 2.75) is 38.9 Å². The van der Waals surface area contributed by atoms with Crippen LogP contribution in [-0.4, -0.2) is 38.3 Å². The van der Waals surface area contributed by atoms with Crippen LogP contribution in [0, 0.1) is 0 Å². The topological polar surface area (TPSA) is 105 Å². The van der Waals surface area contributed by atoms with Crippen molar-refractivity contribution < 1.29 is 9.31 Å². The van der Waals surface area contributed by atoms with Crippen LogP contribution in [0.4, 0.5) is 0 Å². The van der Waals surface area contributed by atoms with Crippen LogP contribution in [0.25, 0.3) is 165 Å². The van der Waals surface area contributed by atoms with Crippen molar-refractivity contribution >= 4 is 111 Å². The summed E-state index contributed by atoms with van der Waals surface area (Å²) < 4.78 is 12.1. The Morgan fingerprint density at radius 1 is 0.272 bits per heavy atom. The minimum absolute atomic E-state index is 0. The Balaban J connectivity index is 0.000000127. The molecule has 0 saturated carbocycles. The second-order valence-corrected chi connectivity index (χ2v) is 27.7. The second-order valence-electron chi connectivity index (χ2n) is 27.3. The standard InChI is InChI=1S/C44H28N2.C33H20ClN.C17H20BNO2.H3N/c1-3-9-34-25-36(19-15-29(34)7-1)40-27-42-41(33-17-13-31(14-18-33)32-21-23-45-24-22-32)28-43(46-44(42)39-12-6-5-11-38(39)40)37-20-16-30-8-2-4-10-35(30)26-37;34-31-20-32(26-16-14-22-8-2-4-10-24(22)18-26)35-33-28-12-6-5-11-27(28)29(19-30(31)33)25-15-13-21-7-1-3-9-23(21)17-25;1-16(2)17(3,4)21-18(20-16)15-7-5-13(6-8-15)14-9-11-19-12-10-14;/h1-28H;1-20H;5-12H,1-4H3;1H3. The highest BCUT2D eigenvalue weighted by molar-refractivity contribution is 6.62. The molecule has 7 nitrogen and oxygen atoms in total. The molecule has 0 unspecified atom stereocenters. The number of benzene rings is 14. The van der Waals surface area contributed by atoms with Gasteiger partial charge in [-0.15, -0.1) is 0 Å². The van der Waals surface area contributed by atoms with E-state index in [4.69, 9.17) is 30.9 Å². The molecule has 0 bridgehead atoms. The predicted octanol–water partition coefficient (Wildman–Crippen LogP) is 24.6. The number of rotatable bonds is 8. The number of nitrogens with zero attached hydrogens (tertiary/aromatic N) is 4. The quantitative estimate of drug-likeness (QED) is 0.119. The van der Waals surface area contributed by atoms with E-state index in [1.165, 1.54) is 87.2 Å². The van der Waals surface area contributed by atoms with Crippen LogP contribution in [0.2, 0.25) is 5.02 Å². The SMILES string of the molecule is CC1(C)OB(c2ccc(-c3ccncc3)cc2)OC1(C)C.Clc1cc(-c2ccc3ccccc3c2)nc2c1cc(-c1ccc3ccccc3c1)c1ccccc12.N.c1ccc2cc(-c3cc(-c4ccc(-c5ccncc5)cc4)c4cc(-c5ccc6ccccc6c5)c5ccccc5c4n3)ccc2c1. The molecule has 14 aromatic carbocycles. The third-order valence-electron chi connectivity index (χ3n) is 20.5. The lowest BCUT2D eigenvalue weighted by Crippen LogP contribution is -2.41. The van der Waals surface area contributed by atoms with Gasteiger partial charge in [0.2, 0.25) is 0 Å². The van der Waals surface area contributed by atoms with Gasteiger partial charge in [-0.25, -0.2) is 9.97 Å². The zero-order valence-corrected chi connectivity index (χ0v) is 58.4. The molecule has 9 heteroatoms. The van der Waals surface area contributed by atoms with Crippen LogP contribution in [0.1, 0.15) is 27.7 Å². The molecular weight excluding hydrogens is 1280 g/mol. The third kappa shape index (κ3) is 12.8. The first kappa shape index (κ1) is 65.6. The molecule has 18 aromatic rings. The van der Waals surface area contributed by atoms with Crippen molar-refractivity contribution in [2.24, 2.45) is 0 Å². The zero-order valence-electron chi connectivity index (χ0n) is 57.6. The maximum Gasteiger partial charge on any atom is 0.494 e. The number of halogens is 1. The highest BCUT2D eigenvalue weighted by atomic mass is 35.5. The highest BCUT2D eigenvalue weighted by Crippen LogP contribution is 2.44. The molecule has 5 heterocycles. The average molecular weight is 1350 g/mol. The molecule has 0 atom stereocenters. The van der Waals surface area contributed by atoms with Gasteiger partial charge in [-0.1, -0.05) is 254 Å². The first-order valence-electron chi connectivity index (χ1n) is 34.6. The van der Waals surface area contributed by atoms with Gasteiger partial charge in [-0.2, -0.15) is 0 Å². The van der Waals surface area contributed by atoms with Crippen LogP contribution >= 0.6 is 11.6 Å². The lowest BCUT2D eigenvalue weighted by molar-refractivity contribution is 0.00578. The molecule has 0 amide bonds. The molecule has 103 heavy (non-hydrogen) atoms. The maximum absolute atomic E-state index is 6.95. The van der Waals surface area contributed by atoms with Crippen LogP contribution < -0.4 is 11.6 Å². The Kier molecular flexibility index (Phi) is 17.5. The molecule has 3 N–H and O–H groups in total. The summed E-state index contributed by atoms with van der Waals surface area (Å²) in [5.41, 5.74) is 18.1. The summed E-state index contributed by atoms with van der Waals surface area (Å²) in [5.74, 6) is 0. The largest absolute Gasteiger partial charge is 0.494 e. The molecular formula is C94H71BClN5O2. The van der Waals surface area contributed by atoms with Crippen molar-refractivity contribution in [2.75, 3.05) is 0 Å². The summed E-state index contributed by atoms with van der Waals surface area (Å²) in [7, 11) is -0.304. The van der Waals surface area contributed by atoms with Crippen molar-refractivity contribution in [1.82, 2.24) is 26.1 Å². The number of fused-ring (bicyclic) bond motifs is 10. The fourth-order valence-corrected chi connectivity index (χ4v) is 14.5. The van der Waals surface area contributed by atoms with Gasteiger partial charge in [0.1, 0.15) is 0 Å². The van der Waals surface area contributed by atoms with Crippen molar-refractivity contribution in [3.05, 3.63) is 345 Å². The first-order chi connectivity index (χ1) is 49.9. The summed E-state index contributed by atoms with van der Waals surface area (Å²) in [6.07, 6.45) is 7.29. The monoisotopic (exact) mass is 1350 g/mol. The summed E-state index contributed by atoms with van der Waals surface area (Å²) in [6, 6.07) is 112. The molecule has 4 aromatic heterocycles. The van der Waals surface area contributed by atoms with E-state index in [0.717, 1.165) is 82.8 Å². The van der Waals surface area contributed by atoms with Gasteiger partial charge >= 0.3 is 7.12 Å². The van der Waals surface area contributed by atoms with Crippen molar-refractivity contribution in [3.8, 4) is 78.1 Å². The van der Waals surface area contributed by atoms with Crippen LogP contribution in [-0.2, 0) is 9.31 Å². The molecule has 1 saturated heterocycles. The Labute approximate surface area is 604 Å². The normalized spacial score (nSPS) is 13.1. The van der Waals surface area contributed by atoms with Gasteiger partial charge in [0, 0.05) is 57.5 Å². The van der Waals surface area contributed by atoms with Crippen LogP contribution in [0.15, 0.2) is 340 Å². The average Bonchev–Trinajstić information content (AvgIpc) is 1.42. The summed E-state index contributed by atoms with van der Waals surface area (Å²) in [6.45, 7) is 8.27. The Bertz CT molecular complexity index is 6210. The van der Waals surface area contributed by atoms with E-state index in [1.54, 1.807) is 12.4 Å². The van der Waals surface area contributed by atoms with Gasteiger partial charge in [0.15, 0.2) is 0 Å². The maximum atomic E-state index is 6.95. The Morgan fingerprint density at radius 2 is 0.583 bits per heavy atom.